The van der Waals surface area contributed by atoms with Crippen LogP contribution in [0.4, 0.5) is 5.13 Å². The number of hydrogen-bond acceptors (Lipinski definition) is 8. The summed E-state index contributed by atoms with van der Waals surface area (Å²) in [5, 5.41) is 6.23. The monoisotopic (exact) mass is 487 g/mol. The summed E-state index contributed by atoms with van der Waals surface area (Å²) in [6, 6.07) is 14.0. The quantitative estimate of drug-likeness (QED) is 0.377. The highest BCUT2D eigenvalue weighted by atomic mass is 32.1. The number of ether oxygens (including phenoxy) is 1. The molecule has 0 aliphatic carbocycles. The zero-order chi connectivity index (χ0) is 23.9. The van der Waals surface area contributed by atoms with E-state index >= 15 is 0 Å². The first-order valence-corrected chi connectivity index (χ1v) is 12.3. The highest BCUT2D eigenvalue weighted by Crippen LogP contribution is 2.27. The number of anilines is 1. The second kappa shape index (κ2) is 8.79. The van der Waals surface area contributed by atoms with Crippen LogP contribution in [0.1, 0.15) is 5.56 Å². The molecule has 3 aromatic heterocycles. The number of benzene rings is 2. The van der Waals surface area contributed by atoms with Gasteiger partial charge in [-0.1, -0.05) is 23.5 Å². The van der Waals surface area contributed by atoms with Crippen LogP contribution in [0.2, 0.25) is 0 Å². The Morgan fingerprint density at radius 3 is 2.63 bits per heavy atom. The van der Waals surface area contributed by atoms with E-state index in [4.69, 9.17) is 9.72 Å². The van der Waals surface area contributed by atoms with E-state index in [0.717, 1.165) is 60.2 Å². The third-order valence-electron chi connectivity index (χ3n) is 6.40. The second-order valence-electron chi connectivity index (χ2n) is 8.73. The highest BCUT2D eigenvalue weighted by Gasteiger charge is 2.21. The number of nitrogens with zero attached hydrogens (tertiary/aromatic N) is 7. The lowest BCUT2D eigenvalue weighted by Gasteiger charge is -2.34. The Morgan fingerprint density at radius 1 is 1.06 bits per heavy atom. The molecule has 9 nitrogen and oxygen atoms in total. The maximum atomic E-state index is 13.3. The van der Waals surface area contributed by atoms with Crippen molar-refractivity contribution in [1.82, 2.24) is 29.2 Å². The van der Waals surface area contributed by atoms with E-state index in [-0.39, 0.29) is 5.56 Å². The molecule has 0 unspecified atom stereocenters. The lowest BCUT2D eigenvalue weighted by molar-refractivity contribution is 0.250. The fourth-order valence-electron chi connectivity index (χ4n) is 4.50. The summed E-state index contributed by atoms with van der Waals surface area (Å²) in [4.78, 5) is 27.9. The summed E-state index contributed by atoms with van der Waals surface area (Å²) in [7, 11) is 3.57. The molecule has 6 rings (SSSR count). The van der Waals surface area contributed by atoms with Crippen molar-refractivity contribution < 1.29 is 4.74 Å². The summed E-state index contributed by atoms with van der Waals surface area (Å²) in [6.45, 7) is 4.50. The van der Waals surface area contributed by atoms with E-state index in [0.29, 0.717) is 10.3 Å². The molecule has 1 fully saturated rings. The van der Waals surface area contributed by atoms with Crippen LogP contribution in [-0.4, -0.2) is 62.5 Å². The van der Waals surface area contributed by atoms with Crippen molar-refractivity contribution in [3.63, 3.8) is 0 Å². The first-order valence-electron chi connectivity index (χ1n) is 11.5. The Balaban J connectivity index is 1.19. The van der Waals surface area contributed by atoms with Gasteiger partial charge in [-0.3, -0.25) is 18.9 Å². The first kappa shape index (κ1) is 21.8. The Labute approximate surface area is 205 Å². The van der Waals surface area contributed by atoms with Gasteiger partial charge in [0, 0.05) is 51.4 Å². The average molecular weight is 488 g/mol. The molecule has 0 saturated carbocycles. The fraction of sp³-hybridized carbons (Fsp3) is 0.280. The zero-order valence-corrected chi connectivity index (χ0v) is 20.4. The van der Waals surface area contributed by atoms with Gasteiger partial charge in [0.25, 0.3) is 5.56 Å². The number of hydrogen-bond donors (Lipinski definition) is 0. The van der Waals surface area contributed by atoms with Crippen molar-refractivity contribution in [2.45, 2.75) is 6.54 Å². The fourth-order valence-corrected chi connectivity index (χ4v) is 5.45. The Hall–Kier alpha value is -3.76. The largest absolute Gasteiger partial charge is 0.497 e. The lowest BCUT2D eigenvalue weighted by atomic mass is 10.2. The highest BCUT2D eigenvalue weighted by molar-refractivity contribution is 7.21. The molecule has 1 saturated heterocycles. The number of fused-ring (bicyclic) bond motifs is 2. The molecule has 5 aromatic rings. The van der Waals surface area contributed by atoms with Crippen LogP contribution in [0.25, 0.3) is 26.9 Å². The Morgan fingerprint density at radius 2 is 1.86 bits per heavy atom. The van der Waals surface area contributed by atoms with Crippen molar-refractivity contribution in [3.05, 3.63) is 70.9 Å². The van der Waals surface area contributed by atoms with Gasteiger partial charge in [0.1, 0.15) is 12.1 Å². The summed E-state index contributed by atoms with van der Waals surface area (Å²) >= 11 is 1.48. The molecule has 10 heteroatoms. The van der Waals surface area contributed by atoms with Gasteiger partial charge in [-0.05, 0) is 35.9 Å². The molecule has 2 aromatic carbocycles. The summed E-state index contributed by atoms with van der Waals surface area (Å²) < 4.78 is 8.57. The molecule has 1 aliphatic rings. The van der Waals surface area contributed by atoms with Gasteiger partial charge in [-0.25, -0.2) is 9.97 Å². The lowest BCUT2D eigenvalue weighted by Crippen LogP contribution is -2.45. The number of methoxy groups -OCH3 is 1. The van der Waals surface area contributed by atoms with Crippen molar-refractivity contribution in [2.75, 3.05) is 38.2 Å². The number of aryl methyl sites for hydroxylation is 1. The summed E-state index contributed by atoms with van der Waals surface area (Å²) in [5.41, 5.74) is 3.18. The van der Waals surface area contributed by atoms with Crippen LogP contribution in [0.15, 0.2) is 59.8 Å². The minimum absolute atomic E-state index is 0.154. The SMILES string of the molecule is COc1ccc(CN2CCN(c3nc4c(=O)n(-c5ccc6nn(C)cc6c5)cnc4s3)CC2)cc1. The number of piperazine rings is 1. The number of rotatable bonds is 5. The molecular formula is C25H25N7O2S. The van der Waals surface area contributed by atoms with Crippen molar-refractivity contribution in [3.8, 4) is 11.4 Å². The summed E-state index contributed by atoms with van der Waals surface area (Å²) in [5.74, 6) is 0.875. The van der Waals surface area contributed by atoms with Gasteiger partial charge in [0.05, 0.1) is 18.3 Å². The van der Waals surface area contributed by atoms with Gasteiger partial charge in [0.15, 0.2) is 15.5 Å². The van der Waals surface area contributed by atoms with Gasteiger partial charge in [-0.2, -0.15) is 5.10 Å². The normalized spacial score (nSPS) is 14.7. The van der Waals surface area contributed by atoms with E-state index in [1.165, 1.54) is 16.9 Å². The first-order chi connectivity index (χ1) is 17.1. The number of aromatic nitrogens is 5. The van der Waals surface area contributed by atoms with Gasteiger partial charge >= 0.3 is 0 Å². The molecule has 0 bridgehead atoms. The van der Waals surface area contributed by atoms with Gasteiger partial charge < -0.3 is 9.64 Å². The second-order valence-corrected chi connectivity index (χ2v) is 9.68. The third-order valence-corrected chi connectivity index (χ3v) is 7.42. The van der Waals surface area contributed by atoms with E-state index < -0.39 is 0 Å². The van der Waals surface area contributed by atoms with E-state index in [1.54, 1.807) is 22.7 Å². The van der Waals surface area contributed by atoms with Gasteiger partial charge in [0.2, 0.25) is 0 Å². The molecule has 178 valence electrons. The predicted octanol–water partition coefficient (Wildman–Crippen LogP) is 3.06. The zero-order valence-electron chi connectivity index (χ0n) is 19.6. The van der Waals surface area contributed by atoms with E-state index in [1.807, 2.05) is 43.6 Å². The molecule has 35 heavy (non-hydrogen) atoms. The Kier molecular flexibility index (Phi) is 5.46. The van der Waals surface area contributed by atoms with Crippen molar-refractivity contribution in [1.29, 1.82) is 0 Å². The maximum Gasteiger partial charge on any atom is 0.285 e. The average Bonchev–Trinajstić information content (AvgIpc) is 3.48. The van der Waals surface area contributed by atoms with Crippen LogP contribution in [-0.2, 0) is 13.6 Å². The minimum Gasteiger partial charge on any atom is -0.497 e. The molecule has 0 amide bonds. The van der Waals surface area contributed by atoms with E-state index in [9.17, 15) is 4.79 Å². The van der Waals surface area contributed by atoms with Crippen molar-refractivity contribution >= 4 is 37.7 Å². The molecule has 0 atom stereocenters. The Bertz CT molecular complexity index is 1560. The van der Waals surface area contributed by atoms with Crippen LogP contribution in [0, 0.1) is 0 Å². The van der Waals surface area contributed by atoms with Crippen LogP contribution >= 0.6 is 11.3 Å². The molecule has 1 aliphatic heterocycles. The standard InChI is InChI=1S/C25H25N7O2S/c1-29-15-18-13-19(5-8-21(18)28-29)32-16-26-23-22(24(32)33)27-25(35-23)31-11-9-30(10-12-31)14-17-3-6-20(34-2)7-4-17/h3-8,13,15-16H,9-12,14H2,1-2H3. The van der Waals surface area contributed by atoms with Crippen LogP contribution in [0.5, 0.6) is 5.75 Å². The molecule has 0 radical (unpaired) electrons. The summed E-state index contributed by atoms with van der Waals surface area (Å²) in [6.07, 6.45) is 3.53. The number of thiazole rings is 1. The van der Waals surface area contributed by atoms with E-state index in [2.05, 4.69) is 32.0 Å². The van der Waals surface area contributed by atoms with Crippen LogP contribution < -0.4 is 15.2 Å². The molecule has 0 N–H and O–H groups in total. The predicted molar refractivity (Wildman–Crippen MR) is 138 cm³/mol. The smallest absolute Gasteiger partial charge is 0.285 e. The molecular weight excluding hydrogens is 462 g/mol. The minimum atomic E-state index is -0.154. The third kappa shape index (κ3) is 4.15. The van der Waals surface area contributed by atoms with Crippen LogP contribution in [0.3, 0.4) is 0 Å². The maximum absolute atomic E-state index is 13.3. The molecule has 4 heterocycles. The molecule has 0 spiro atoms. The topological polar surface area (TPSA) is 81.3 Å². The van der Waals surface area contributed by atoms with Gasteiger partial charge in [-0.15, -0.1) is 0 Å². The van der Waals surface area contributed by atoms with Crippen molar-refractivity contribution in [2.24, 2.45) is 7.05 Å².